The van der Waals surface area contributed by atoms with E-state index in [2.05, 4.69) is 18.3 Å². The van der Waals surface area contributed by atoms with E-state index in [0.29, 0.717) is 6.04 Å². The van der Waals surface area contributed by atoms with E-state index in [1.54, 1.807) is 0 Å². The van der Waals surface area contributed by atoms with Gasteiger partial charge in [0.25, 0.3) is 0 Å². The molecule has 1 atom stereocenters. The molecule has 1 nitrogen and oxygen atoms in total. The van der Waals surface area contributed by atoms with Gasteiger partial charge in [-0.1, -0.05) is 49.1 Å². The quantitative estimate of drug-likeness (QED) is 0.810. The van der Waals surface area contributed by atoms with Crippen LogP contribution in [0.25, 0.3) is 0 Å². The van der Waals surface area contributed by atoms with Crippen molar-refractivity contribution in [2.75, 3.05) is 6.54 Å². The van der Waals surface area contributed by atoms with Crippen molar-refractivity contribution in [3.63, 3.8) is 0 Å². The minimum absolute atomic E-state index is 0.355. The Morgan fingerprint density at radius 3 is 2.75 bits per heavy atom. The lowest BCUT2D eigenvalue weighted by atomic mass is 9.83. The average molecular weight is 238 g/mol. The Labute approximate surface area is 103 Å². The second-order valence-corrected chi connectivity index (χ2v) is 5.19. The first-order chi connectivity index (χ1) is 7.77. The molecule has 1 saturated carbocycles. The Bertz CT molecular complexity index is 333. The van der Waals surface area contributed by atoms with E-state index in [1.807, 2.05) is 18.2 Å². The van der Waals surface area contributed by atoms with Crippen molar-refractivity contribution >= 4 is 11.6 Å². The standard InChI is InChI=1S/C14H20ClN/c1-11(13-7-2-3-8-14(13)15)16-10-9-12-5-4-6-12/h2-3,7-8,11-12,16H,4-6,9-10H2,1H3. The molecule has 0 bridgehead atoms. The third kappa shape index (κ3) is 2.99. The summed E-state index contributed by atoms with van der Waals surface area (Å²) in [6.07, 6.45) is 5.61. The summed E-state index contributed by atoms with van der Waals surface area (Å²) < 4.78 is 0. The van der Waals surface area contributed by atoms with Gasteiger partial charge in [-0.25, -0.2) is 0 Å². The summed E-state index contributed by atoms with van der Waals surface area (Å²) in [5.74, 6) is 0.978. The van der Waals surface area contributed by atoms with Gasteiger partial charge in [0.2, 0.25) is 0 Å². The Morgan fingerprint density at radius 1 is 1.38 bits per heavy atom. The van der Waals surface area contributed by atoms with Crippen molar-refractivity contribution in [2.24, 2.45) is 5.92 Å². The molecule has 0 amide bonds. The molecule has 1 aromatic rings. The lowest BCUT2D eigenvalue weighted by Crippen LogP contribution is -2.24. The maximum absolute atomic E-state index is 6.16. The Kier molecular flexibility index (Phi) is 4.25. The average Bonchev–Trinajstić information content (AvgIpc) is 2.22. The minimum Gasteiger partial charge on any atom is -0.310 e. The highest BCUT2D eigenvalue weighted by Crippen LogP contribution is 2.29. The van der Waals surface area contributed by atoms with Gasteiger partial charge in [0.15, 0.2) is 0 Å². The molecule has 16 heavy (non-hydrogen) atoms. The third-order valence-corrected chi connectivity index (χ3v) is 3.94. The van der Waals surface area contributed by atoms with Crippen LogP contribution in [-0.4, -0.2) is 6.54 Å². The van der Waals surface area contributed by atoms with Crippen LogP contribution in [0.15, 0.2) is 24.3 Å². The lowest BCUT2D eigenvalue weighted by Gasteiger charge is -2.26. The summed E-state index contributed by atoms with van der Waals surface area (Å²) in [4.78, 5) is 0. The lowest BCUT2D eigenvalue weighted by molar-refractivity contribution is 0.288. The third-order valence-electron chi connectivity index (χ3n) is 3.60. The summed E-state index contributed by atoms with van der Waals surface area (Å²) in [5, 5.41) is 4.42. The van der Waals surface area contributed by atoms with Gasteiger partial charge in [0, 0.05) is 11.1 Å². The molecule has 1 aliphatic rings. The van der Waals surface area contributed by atoms with Crippen LogP contribution in [0.3, 0.4) is 0 Å². The van der Waals surface area contributed by atoms with Crippen LogP contribution in [0.2, 0.25) is 5.02 Å². The molecule has 1 aliphatic carbocycles. The summed E-state index contributed by atoms with van der Waals surface area (Å²) >= 11 is 6.16. The van der Waals surface area contributed by atoms with Crippen molar-refractivity contribution in [2.45, 2.75) is 38.6 Å². The van der Waals surface area contributed by atoms with Crippen molar-refractivity contribution in [3.8, 4) is 0 Å². The highest BCUT2D eigenvalue weighted by atomic mass is 35.5. The predicted octanol–water partition coefficient (Wildman–Crippen LogP) is 4.18. The maximum Gasteiger partial charge on any atom is 0.0453 e. The molecule has 0 saturated heterocycles. The van der Waals surface area contributed by atoms with Crippen LogP contribution in [-0.2, 0) is 0 Å². The van der Waals surface area contributed by atoms with Crippen LogP contribution in [0.5, 0.6) is 0 Å². The zero-order valence-electron chi connectivity index (χ0n) is 9.88. The van der Waals surface area contributed by atoms with Crippen LogP contribution < -0.4 is 5.32 Å². The molecule has 0 aliphatic heterocycles. The highest BCUT2D eigenvalue weighted by Gasteiger charge is 2.17. The van der Waals surface area contributed by atoms with Crippen LogP contribution in [0, 0.1) is 5.92 Å². The predicted molar refractivity (Wildman–Crippen MR) is 69.8 cm³/mol. The number of hydrogen-bond acceptors (Lipinski definition) is 1. The van der Waals surface area contributed by atoms with Crippen molar-refractivity contribution in [1.29, 1.82) is 0 Å². The topological polar surface area (TPSA) is 12.0 Å². The van der Waals surface area contributed by atoms with E-state index in [-0.39, 0.29) is 0 Å². The Morgan fingerprint density at radius 2 is 2.12 bits per heavy atom. The number of rotatable bonds is 5. The summed E-state index contributed by atoms with van der Waals surface area (Å²) in [7, 11) is 0. The normalized spacial score (nSPS) is 18.1. The van der Waals surface area contributed by atoms with E-state index in [9.17, 15) is 0 Å². The fraction of sp³-hybridized carbons (Fsp3) is 0.571. The van der Waals surface area contributed by atoms with E-state index in [0.717, 1.165) is 17.5 Å². The molecule has 88 valence electrons. The largest absolute Gasteiger partial charge is 0.310 e. The number of benzene rings is 1. The van der Waals surface area contributed by atoms with Gasteiger partial charge in [-0.3, -0.25) is 0 Å². The summed E-state index contributed by atoms with van der Waals surface area (Å²) in [5.41, 5.74) is 1.21. The first kappa shape index (κ1) is 11.9. The fourth-order valence-electron chi connectivity index (χ4n) is 2.22. The van der Waals surface area contributed by atoms with Crippen molar-refractivity contribution in [1.82, 2.24) is 5.32 Å². The molecule has 0 spiro atoms. The maximum atomic E-state index is 6.16. The molecule has 0 aromatic heterocycles. The minimum atomic E-state index is 0.355. The highest BCUT2D eigenvalue weighted by molar-refractivity contribution is 6.31. The second-order valence-electron chi connectivity index (χ2n) is 4.78. The summed E-state index contributed by atoms with van der Waals surface area (Å²) in [6, 6.07) is 8.44. The molecule has 1 aromatic carbocycles. The van der Waals surface area contributed by atoms with Gasteiger partial charge in [0.05, 0.1) is 0 Å². The van der Waals surface area contributed by atoms with Crippen LogP contribution >= 0.6 is 11.6 Å². The van der Waals surface area contributed by atoms with Gasteiger partial charge in [-0.15, -0.1) is 0 Å². The Hall–Kier alpha value is -0.530. The van der Waals surface area contributed by atoms with Gasteiger partial charge in [-0.05, 0) is 37.4 Å². The first-order valence-corrected chi connectivity index (χ1v) is 6.63. The Balaban J connectivity index is 1.78. The molecule has 1 unspecified atom stereocenters. The molecule has 1 fully saturated rings. The van der Waals surface area contributed by atoms with E-state index in [1.165, 1.54) is 31.2 Å². The van der Waals surface area contributed by atoms with E-state index >= 15 is 0 Å². The molecular formula is C14H20ClN. The van der Waals surface area contributed by atoms with Gasteiger partial charge >= 0.3 is 0 Å². The summed E-state index contributed by atoms with van der Waals surface area (Å²) in [6.45, 7) is 3.29. The van der Waals surface area contributed by atoms with Gasteiger partial charge < -0.3 is 5.32 Å². The van der Waals surface area contributed by atoms with Crippen molar-refractivity contribution in [3.05, 3.63) is 34.9 Å². The van der Waals surface area contributed by atoms with Crippen molar-refractivity contribution < 1.29 is 0 Å². The molecule has 2 heteroatoms. The van der Waals surface area contributed by atoms with Crippen LogP contribution in [0.1, 0.15) is 44.2 Å². The zero-order chi connectivity index (χ0) is 11.4. The van der Waals surface area contributed by atoms with E-state index in [4.69, 9.17) is 11.6 Å². The monoisotopic (exact) mass is 237 g/mol. The smallest absolute Gasteiger partial charge is 0.0453 e. The molecule has 2 rings (SSSR count). The zero-order valence-corrected chi connectivity index (χ0v) is 10.6. The van der Waals surface area contributed by atoms with Gasteiger partial charge in [0.1, 0.15) is 0 Å². The first-order valence-electron chi connectivity index (χ1n) is 6.25. The van der Waals surface area contributed by atoms with E-state index < -0.39 is 0 Å². The molecule has 1 N–H and O–H groups in total. The molecular weight excluding hydrogens is 218 g/mol. The molecule has 0 radical (unpaired) electrons. The number of hydrogen-bond donors (Lipinski definition) is 1. The number of nitrogens with one attached hydrogen (secondary N) is 1. The SMILES string of the molecule is CC(NCCC1CCC1)c1ccccc1Cl. The number of halogens is 1. The second kappa shape index (κ2) is 5.70. The van der Waals surface area contributed by atoms with Crippen LogP contribution in [0.4, 0.5) is 0 Å². The fourth-order valence-corrected chi connectivity index (χ4v) is 2.52. The van der Waals surface area contributed by atoms with Gasteiger partial charge in [-0.2, -0.15) is 0 Å². The molecule has 0 heterocycles.